The van der Waals surface area contributed by atoms with E-state index in [1.165, 1.54) is 7.11 Å². The molecule has 0 saturated carbocycles. The number of benzene rings is 2. The Morgan fingerprint density at radius 2 is 1.97 bits per heavy atom. The fraction of sp³-hybridized carbons (Fsp3) is 0.360. The van der Waals surface area contributed by atoms with Gasteiger partial charge in [-0.2, -0.15) is 0 Å². The molecule has 0 bridgehead atoms. The minimum absolute atomic E-state index is 0.0808. The summed E-state index contributed by atoms with van der Waals surface area (Å²) >= 11 is 0. The second kappa shape index (κ2) is 8.31. The molecule has 166 valence electrons. The Labute approximate surface area is 187 Å². The van der Waals surface area contributed by atoms with Crippen molar-refractivity contribution in [2.45, 2.75) is 31.5 Å². The van der Waals surface area contributed by atoms with Gasteiger partial charge in [0, 0.05) is 20.2 Å². The summed E-state index contributed by atoms with van der Waals surface area (Å²) in [4.78, 5) is 30.7. The van der Waals surface area contributed by atoms with Gasteiger partial charge in [-0.25, -0.2) is 0 Å². The number of hydrogen-bond donors (Lipinski definition) is 0. The van der Waals surface area contributed by atoms with Crippen LogP contribution >= 0.6 is 0 Å². The van der Waals surface area contributed by atoms with Crippen LogP contribution in [-0.2, 0) is 20.9 Å². The molecule has 0 N–H and O–H groups in total. The van der Waals surface area contributed by atoms with Crippen LogP contribution in [0.2, 0.25) is 0 Å². The smallest absolute Gasteiger partial charge is 0.250 e. The number of hydrogen-bond acceptors (Lipinski definition) is 5. The first-order valence-electron chi connectivity index (χ1n) is 10.8. The molecular weight excluding hydrogens is 408 g/mol. The maximum Gasteiger partial charge on any atom is 0.250 e. The number of rotatable bonds is 5. The second-order valence-corrected chi connectivity index (χ2v) is 8.35. The van der Waals surface area contributed by atoms with Gasteiger partial charge in [-0.3, -0.25) is 9.59 Å². The Bertz CT molecular complexity index is 1070. The van der Waals surface area contributed by atoms with Crippen LogP contribution in [0, 0.1) is 0 Å². The van der Waals surface area contributed by atoms with E-state index in [1.54, 1.807) is 4.90 Å². The molecule has 32 heavy (non-hydrogen) atoms. The zero-order valence-corrected chi connectivity index (χ0v) is 18.1. The third kappa shape index (κ3) is 3.42. The highest BCUT2D eigenvalue weighted by Crippen LogP contribution is 2.46. The van der Waals surface area contributed by atoms with E-state index in [0.717, 1.165) is 35.1 Å². The maximum absolute atomic E-state index is 14.0. The van der Waals surface area contributed by atoms with E-state index in [4.69, 9.17) is 14.2 Å². The Hall–Kier alpha value is -3.32. The topological polar surface area (TPSA) is 68.3 Å². The quantitative estimate of drug-likeness (QED) is 0.723. The average Bonchev–Trinajstić information content (AvgIpc) is 3.46. The molecule has 2 aromatic carbocycles. The van der Waals surface area contributed by atoms with Gasteiger partial charge in [0.05, 0.1) is 6.04 Å². The molecule has 3 aliphatic heterocycles. The Morgan fingerprint density at radius 1 is 1.22 bits per heavy atom. The van der Waals surface area contributed by atoms with Crippen LogP contribution in [0.1, 0.15) is 35.6 Å². The van der Waals surface area contributed by atoms with Crippen molar-refractivity contribution in [3.63, 3.8) is 0 Å². The van der Waals surface area contributed by atoms with Gasteiger partial charge < -0.3 is 24.0 Å². The van der Waals surface area contributed by atoms with Gasteiger partial charge in [-0.05, 0) is 47.2 Å². The van der Waals surface area contributed by atoms with E-state index in [-0.39, 0.29) is 37.8 Å². The monoisotopic (exact) mass is 434 g/mol. The van der Waals surface area contributed by atoms with E-state index in [1.807, 2.05) is 47.4 Å². The molecule has 3 aliphatic rings. The summed E-state index contributed by atoms with van der Waals surface area (Å²) < 4.78 is 16.4. The maximum atomic E-state index is 14.0. The van der Waals surface area contributed by atoms with Crippen LogP contribution in [0.4, 0.5) is 0 Å². The van der Waals surface area contributed by atoms with Gasteiger partial charge in [0.15, 0.2) is 11.5 Å². The summed E-state index contributed by atoms with van der Waals surface area (Å²) in [6, 6.07) is 12.5. The number of methoxy groups -OCH3 is 1. The molecule has 2 atom stereocenters. The van der Waals surface area contributed by atoms with E-state index in [2.05, 4.69) is 6.58 Å². The van der Waals surface area contributed by atoms with Crippen molar-refractivity contribution >= 4 is 17.4 Å². The summed E-state index contributed by atoms with van der Waals surface area (Å²) in [6.45, 7) is 5.32. The first kappa shape index (κ1) is 20.6. The van der Waals surface area contributed by atoms with Gasteiger partial charge in [0.1, 0.15) is 12.6 Å². The zero-order valence-electron chi connectivity index (χ0n) is 18.1. The van der Waals surface area contributed by atoms with Crippen LogP contribution < -0.4 is 9.47 Å². The first-order valence-corrected chi connectivity index (χ1v) is 10.8. The van der Waals surface area contributed by atoms with Crippen LogP contribution in [0.15, 0.2) is 49.0 Å². The molecule has 0 radical (unpaired) electrons. The molecule has 2 aromatic rings. The standard InChI is InChI=1S/C25H26N2O5/c1-16-18-11-21-22(32-15-31-21)12-19(18)24(25(29)26-10-6-9-20(16)26)27(23(28)14-30-2)13-17-7-4-3-5-8-17/h3-5,7-8,11-12,20,24H,1,6,9-10,13-15H2,2H3/t20-,24-/m1/s1. The van der Waals surface area contributed by atoms with Crippen molar-refractivity contribution in [3.05, 3.63) is 65.7 Å². The van der Waals surface area contributed by atoms with E-state index < -0.39 is 6.04 Å². The van der Waals surface area contributed by atoms with Gasteiger partial charge in [0.25, 0.3) is 5.91 Å². The third-order valence-electron chi connectivity index (χ3n) is 6.45. The summed E-state index contributed by atoms with van der Waals surface area (Å²) in [6.07, 6.45) is 1.77. The van der Waals surface area contributed by atoms with E-state index >= 15 is 0 Å². The molecule has 7 nitrogen and oxygen atoms in total. The van der Waals surface area contributed by atoms with Crippen molar-refractivity contribution in [1.29, 1.82) is 0 Å². The number of carbonyl (C=O) groups is 2. The molecule has 0 aliphatic carbocycles. The van der Waals surface area contributed by atoms with Crippen molar-refractivity contribution in [1.82, 2.24) is 9.80 Å². The van der Waals surface area contributed by atoms with E-state index in [0.29, 0.717) is 18.0 Å². The lowest BCUT2D eigenvalue weighted by Crippen LogP contribution is -2.46. The van der Waals surface area contributed by atoms with Crippen LogP contribution in [-0.4, -0.2) is 54.7 Å². The third-order valence-corrected chi connectivity index (χ3v) is 6.45. The van der Waals surface area contributed by atoms with Crippen molar-refractivity contribution < 1.29 is 23.8 Å². The lowest BCUT2D eigenvalue weighted by atomic mass is 9.91. The minimum Gasteiger partial charge on any atom is -0.454 e. The normalized spacial score (nSPS) is 21.2. The number of amides is 2. The largest absolute Gasteiger partial charge is 0.454 e. The highest BCUT2D eigenvalue weighted by molar-refractivity contribution is 5.94. The molecular formula is C25H26N2O5. The van der Waals surface area contributed by atoms with Gasteiger partial charge in [-0.1, -0.05) is 36.9 Å². The highest BCUT2D eigenvalue weighted by atomic mass is 16.7. The fourth-order valence-electron chi connectivity index (χ4n) is 4.94. The number of carbonyl (C=O) groups excluding carboxylic acids is 2. The van der Waals surface area contributed by atoms with Crippen LogP contribution in [0.25, 0.3) is 5.57 Å². The molecule has 7 heteroatoms. The minimum atomic E-state index is -0.804. The highest BCUT2D eigenvalue weighted by Gasteiger charge is 2.44. The second-order valence-electron chi connectivity index (χ2n) is 8.35. The van der Waals surface area contributed by atoms with Gasteiger partial charge >= 0.3 is 0 Å². The van der Waals surface area contributed by atoms with Crippen LogP contribution in [0.3, 0.4) is 0 Å². The molecule has 1 fully saturated rings. The zero-order chi connectivity index (χ0) is 22.2. The van der Waals surface area contributed by atoms with Crippen LogP contribution in [0.5, 0.6) is 11.5 Å². The Kier molecular flexibility index (Phi) is 5.35. The molecule has 3 heterocycles. The summed E-state index contributed by atoms with van der Waals surface area (Å²) in [7, 11) is 1.48. The number of fused-ring (bicyclic) bond motifs is 3. The fourth-order valence-corrected chi connectivity index (χ4v) is 4.94. The number of ether oxygens (including phenoxy) is 3. The van der Waals surface area contributed by atoms with Crippen molar-refractivity contribution in [2.24, 2.45) is 0 Å². The lowest BCUT2D eigenvalue weighted by Gasteiger charge is -2.34. The molecule has 1 saturated heterocycles. The van der Waals surface area contributed by atoms with E-state index in [9.17, 15) is 9.59 Å². The molecule has 5 rings (SSSR count). The van der Waals surface area contributed by atoms with Gasteiger partial charge in [0.2, 0.25) is 12.7 Å². The lowest BCUT2D eigenvalue weighted by molar-refractivity contribution is -0.148. The Morgan fingerprint density at radius 3 is 2.72 bits per heavy atom. The first-order chi connectivity index (χ1) is 15.6. The molecule has 0 spiro atoms. The Balaban J connectivity index is 1.66. The summed E-state index contributed by atoms with van der Waals surface area (Å²) in [5.41, 5.74) is 3.39. The van der Waals surface area contributed by atoms with Crippen molar-refractivity contribution in [2.75, 3.05) is 27.1 Å². The number of nitrogens with zero attached hydrogens (tertiary/aromatic N) is 2. The molecule has 2 amide bonds. The van der Waals surface area contributed by atoms with Crippen molar-refractivity contribution in [3.8, 4) is 11.5 Å². The summed E-state index contributed by atoms with van der Waals surface area (Å²) in [5.74, 6) is 0.879. The predicted octanol–water partition coefficient (Wildman–Crippen LogP) is 3.15. The molecule has 0 aromatic heterocycles. The molecule has 0 unspecified atom stereocenters. The summed E-state index contributed by atoms with van der Waals surface area (Å²) in [5, 5.41) is 0. The van der Waals surface area contributed by atoms with Gasteiger partial charge in [-0.15, -0.1) is 0 Å². The predicted molar refractivity (Wildman–Crippen MR) is 118 cm³/mol. The SMILES string of the molecule is C=C1c2cc3c(cc2[C@@H](N(Cc2ccccc2)C(=O)COC)C(=O)N2CCC[C@H]12)OCO3. The average molecular weight is 434 g/mol.